The molecule has 0 atom stereocenters. The highest BCUT2D eigenvalue weighted by Crippen LogP contribution is 2.26. The Bertz CT molecular complexity index is 231. The topological polar surface area (TPSA) is 52.6 Å². The van der Waals surface area contributed by atoms with Gasteiger partial charge in [-0.05, 0) is 25.7 Å². The van der Waals surface area contributed by atoms with Crippen LogP contribution in [0, 0.1) is 5.92 Å². The Balaban J connectivity index is 2.12. The molecule has 1 rings (SSSR count). The van der Waals surface area contributed by atoms with E-state index < -0.39 is 5.97 Å². The van der Waals surface area contributed by atoms with Crippen LogP contribution in [0.4, 0.5) is 0 Å². The number of esters is 2. The summed E-state index contributed by atoms with van der Waals surface area (Å²) in [5.74, 6) is -0.303. The maximum absolute atomic E-state index is 11.4. The molecule has 0 unspecified atom stereocenters. The molecular formula is C12H20O4. The van der Waals surface area contributed by atoms with Gasteiger partial charge in [0.2, 0.25) is 0 Å². The highest BCUT2D eigenvalue weighted by atomic mass is 16.6. The molecule has 92 valence electrons. The van der Waals surface area contributed by atoms with Gasteiger partial charge < -0.3 is 9.47 Å². The fourth-order valence-corrected chi connectivity index (χ4v) is 2.03. The standard InChI is InChI=1S/C12H20O4/c1-2-15-12(14)9-16-11(13)8-10-6-4-3-5-7-10/h10H,2-9H2,1H3. The molecule has 4 heteroatoms. The molecule has 1 fully saturated rings. The fourth-order valence-electron chi connectivity index (χ4n) is 2.03. The van der Waals surface area contributed by atoms with Crippen molar-refractivity contribution in [2.75, 3.05) is 13.2 Å². The van der Waals surface area contributed by atoms with Gasteiger partial charge in [-0.1, -0.05) is 19.3 Å². The maximum atomic E-state index is 11.4. The van der Waals surface area contributed by atoms with Gasteiger partial charge in [-0.25, -0.2) is 4.79 Å². The van der Waals surface area contributed by atoms with Crippen molar-refractivity contribution < 1.29 is 19.1 Å². The largest absolute Gasteiger partial charge is 0.463 e. The zero-order chi connectivity index (χ0) is 11.8. The summed E-state index contributed by atoms with van der Waals surface area (Å²) in [6, 6.07) is 0. The van der Waals surface area contributed by atoms with Crippen LogP contribution in [0.5, 0.6) is 0 Å². The van der Waals surface area contributed by atoms with Crippen molar-refractivity contribution in [2.24, 2.45) is 5.92 Å². The number of hydrogen-bond acceptors (Lipinski definition) is 4. The first kappa shape index (κ1) is 13.0. The van der Waals surface area contributed by atoms with E-state index in [1.807, 2.05) is 0 Å². The molecule has 0 amide bonds. The summed E-state index contributed by atoms with van der Waals surface area (Å²) in [6.07, 6.45) is 6.34. The minimum Gasteiger partial charge on any atom is -0.463 e. The van der Waals surface area contributed by atoms with E-state index in [0.717, 1.165) is 12.8 Å². The molecule has 0 N–H and O–H groups in total. The van der Waals surface area contributed by atoms with Crippen molar-refractivity contribution in [3.63, 3.8) is 0 Å². The Morgan fingerprint density at radius 3 is 2.38 bits per heavy atom. The first-order valence-corrected chi connectivity index (χ1v) is 6.03. The van der Waals surface area contributed by atoms with Crippen LogP contribution in [0.3, 0.4) is 0 Å². The SMILES string of the molecule is CCOC(=O)COC(=O)CC1CCCCC1. The summed E-state index contributed by atoms with van der Waals surface area (Å²) in [7, 11) is 0. The number of carbonyl (C=O) groups is 2. The van der Waals surface area contributed by atoms with Gasteiger partial charge in [0.1, 0.15) is 0 Å². The molecule has 0 radical (unpaired) electrons. The predicted molar refractivity (Wildman–Crippen MR) is 58.8 cm³/mol. The first-order valence-electron chi connectivity index (χ1n) is 6.03. The second-order valence-corrected chi connectivity index (χ2v) is 4.17. The molecule has 16 heavy (non-hydrogen) atoms. The zero-order valence-electron chi connectivity index (χ0n) is 9.87. The Morgan fingerprint density at radius 1 is 1.06 bits per heavy atom. The lowest BCUT2D eigenvalue weighted by Gasteiger charge is -2.20. The third kappa shape index (κ3) is 5.14. The minimum atomic E-state index is -0.473. The molecule has 0 bridgehead atoms. The zero-order valence-corrected chi connectivity index (χ0v) is 9.87. The molecule has 1 aliphatic carbocycles. The molecule has 0 spiro atoms. The molecule has 0 aromatic rings. The van der Waals surface area contributed by atoms with E-state index >= 15 is 0 Å². The Morgan fingerprint density at radius 2 is 1.75 bits per heavy atom. The van der Waals surface area contributed by atoms with Crippen LogP contribution in [0.2, 0.25) is 0 Å². The van der Waals surface area contributed by atoms with E-state index in [9.17, 15) is 9.59 Å². The summed E-state index contributed by atoms with van der Waals surface area (Å²) in [6.45, 7) is 1.79. The molecule has 0 aromatic carbocycles. The van der Waals surface area contributed by atoms with Crippen molar-refractivity contribution in [2.45, 2.75) is 45.4 Å². The second kappa shape index (κ2) is 7.25. The normalized spacial score (nSPS) is 16.8. The number of ether oxygens (including phenoxy) is 2. The van der Waals surface area contributed by atoms with E-state index in [2.05, 4.69) is 4.74 Å². The highest BCUT2D eigenvalue weighted by molar-refractivity contribution is 5.76. The van der Waals surface area contributed by atoms with Gasteiger partial charge >= 0.3 is 11.9 Å². The van der Waals surface area contributed by atoms with Crippen molar-refractivity contribution in [1.82, 2.24) is 0 Å². The van der Waals surface area contributed by atoms with Gasteiger partial charge in [0.25, 0.3) is 0 Å². The van der Waals surface area contributed by atoms with Crippen LogP contribution in [0.1, 0.15) is 45.4 Å². The van der Waals surface area contributed by atoms with E-state index in [4.69, 9.17) is 4.74 Å². The van der Waals surface area contributed by atoms with Gasteiger partial charge in [-0.15, -0.1) is 0 Å². The van der Waals surface area contributed by atoms with Crippen LogP contribution >= 0.6 is 0 Å². The summed E-state index contributed by atoms with van der Waals surface area (Å²) >= 11 is 0. The monoisotopic (exact) mass is 228 g/mol. The van der Waals surface area contributed by atoms with Crippen LogP contribution in [-0.2, 0) is 19.1 Å². The van der Waals surface area contributed by atoms with Crippen LogP contribution < -0.4 is 0 Å². The van der Waals surface area contributed by atoms with Crippen molar-refractivity contribution in [3.8, 4) is 0 Å². The highest BCUT2D eigenvalue weighted by Gasteiger charge is 2.18. The van der Waals surface area contributed by atoms with Crippen molar-refractivity contribution in [3.05, 3.63) is 0 Å². The second-order valence-electron chi connectivity index (χ2n) is 4.17. The minimum absolute atomic E-state index is 0.251. The lowest BCUT2D eigenvalue weighted by molar-refractivity contribution is -0.159. The maximum Gasteiger partial charge on any atom is 0.344 e. The third-order valence-corrected chi connectivity index (χ3v) is 2.84. The Labute approximate surface area is 96.3 Å². The fraction of sp³-hybridized carbons (Fsp3) is 0.833. The van der Waals surface area contributed by atoms with Crippen LogP contribution in [-0.4, -0.2) is 25.2 Å². The van der Waals surface area contributed by atoms with Gasteiger partial charge in [-0.2, -0.15) is 0 Å². The summed E-state index contributed by atoms with van der Waals surface area (Å²) in [4.78, 5) is 22.3. The molecule has 0 aromatic heterocycles. The molecule has 0 aliphatic heterocycles. The molecule has 4 nitrogen and oxygen atoms in total. The van der Waals surface area contributed by atoms with E-state index in [1.54, 1.807) is 6.92 Å². The van der Waals surface area contributed by atoms with E-state index in [-0.39, 0.29) is 12.6 Å². The van der Waals surface area contributed by atoms with Crippen molar-refractivity contribution >= 4 is 11.9 Å². The van der Waals surface area contributed by atoms with Gasteiger partial charge in [0.05, 0.1) is 6.61 Å². The molecular weight excluding hydrogens is 208 g/mol. The number of carbonyl (C=O) groups excluding carboxylic acids is 2. The smallest absolute Gasteiger partial charge is 0.344 e. The predicted octanol–water partition coefficient (Wildman–Crippen LogP) is 2.06. The van der Waals surface area contributed by atoms with Gasteiger partial charge in [-0.3, -0.25) is 4.79 Å². The van der Waals surface area contributed by atoms with E-state index in [0.29, 0.717) is 18.9 Å². The summed E-state index contributed by atoms with van der Waals surface area (Å²) < 4.78 is 9.51. The summed E-state index contributed by atoms with van der Waals surface area (Å²) in [5, 5.41) is 0. The van der Waals surface area contributed by atoms with Gasteiger partial charge in [0, 0.05) is 6.42 Å². The lowest BCUT2D eigenvalue weighted by Crippen LogP contribution is -2.19. The number of rotatable bonds is 5. The Hall–Kier alpha value is -1.06. The first-order chi connectivity index (χ1) is 7.72. The quantitative estimate of drug-likeness (QED) is 0.676. The third-order valence-electron chi connectivity index (χ3n) is 2.84. The number of hydrogen-bond donors (Lipinski definition) is 0. The van der Waals surface area contributed by atoms with Crippen LogP contribution in [0.25, 0.3) is 0 Å². The van der Waals surface area contributed by atoms with Crippen molar-refractivity contribution in [1.29, 1.82) is 0 Å². The molecule has 1 aliphatic rings. The molecule has 0 saturated heterocycles. The van der Waals surface area contributed by atoms with Crippen LogP contribution in [0.15, 0.2) is 0 Å². The Kier molecular flexibility index (Phi) is 5.90. The average molecular weight is 228 g/mol. The lowest BCUT2D eigenvalue weighted by atomic mass is 9.87. The van der Waals surface area contributed by atoms with E-state index in [1.165, 1.54) is 19.3 Å². The molecule has 0 heterocycles. The average Bonchev–Trinajstić information content (AvgIpc) is 2.28. The van der Waals surface area contributed by atoms with Gasteiger partial charge in [0.15, 0.2) is 6.61 Å². The summed E-state index contributed by atoms with van der Waals surface area (Å²) in [5.41, 5.74) is 0. The molecule has 1 saturated carbocycles.